The lowest BCUT2D eigenvalue weighted by molar-refractivity contribution is -0.111. The normalized spacial score (nSPS) is 13.5. The third-order valence-corrected chi connectivity index (χ3v) is 4.82. The topological polar surface area (TPSA) is 93.9 Å². The Balaban J connectivity index is 1.79. The van der Waals surface area contributed by atoms with E-state index in [-0.39, 0.29) is 5.91 Å². The van der Waals surface area contributed by atoms with Crippen molar-refractivity contribution in [2.45, 2.75) is 12.8 Å². The highest BCUT2D eigenvalue weighted by atomic mass is 16.5. The number of hydrogen-bond donors (Lipinski definition) is 2. The first-order chi connectivity index (χ1) is 14.0. The van der Waals surface area contributed by atoms with Gasteiger partial charge < -0.3 is 25.4 Å². The van der Waals surface area contributed by atoms with E-state index in [1.807, 2.05) is 12.1 Å². The molecule has 0 saturated carbocycles. The minimum Gasteiger partial charge on any atom is -0.493 e. The van der Waals surface area contributed by atoms with Crippen molar-refractivity contribution in [2.75, 3.05) is 37.5 Å². The lowest BCUT2D eigenvalue weighted by atomic mass is 10.1. The summed E-state index contributed by atoms with van der Waals surface area (Å²) in [5.41, 5.74) is 8.01. The molecule has 7 heteroatoms. The van der Waals surface area contributed by atoms with Gasteiger partial charge in [-0.1, -0.05) is 6.07 Å². The fourth-order valence-electron chi connectivity index (χ4n) is 3.33. The maximum absolute atomic E-state index is 12.5. The second-order valence-corrected chi connectivity index (χ2v) is 6.73. The molecule has 3 rings (SSSR count). The van der Waals surface area contributed by atoms with Gasteiger partial charge in [-0.25, -0.2) is 0 Å². The van der Waals surface area contributed by atoms with Gasteiger partial charge in [-0.3, -0.25) is 9.59 Å². The SMILES string of the molecule is COc1ccc(/C=C/C(=O)Nc2cc(C(N)=O)ccc2N2CCCC2)cc1OC. The number of hydrogen-bond acceptors (Lipinski definition) is 5. The van der Waals surface area contributed by atoms with Crippen LogP contribution in [-0.2, 0) is 4.79 Å². The molecule has 1 aliphatic rings. The smallest absolute Gasteiger partial charge is 0.248 e. The number of carbonyl (C=O) groups is 2. The minimum absolute atomic E-state index is 0.304. The lowest BCUT2D eigenvalue weighted by Crippen LogP contribution is -2.21. The standard InChI is InChI=1S/C22H25N3O4/c1-28-19-9-5-15(13-20(19)29-2)6-10-21(26)24-17-14-16(22(23)27)7-8-18(17)25-11-3-4-12-25/h5-10,13-14H,3-4,11-12H2,1-2H3,(H2,23,27)(H,24,26)/b10-6+. The second kappa shape index (κ2) is 9.14. The zero-order valence-electron chi connectivity index (χ0n) is 16.6. The molecule has 1 aliphatic heterocycles. The summed E-state index contributed by atoms with van der Waals surface area (Å²) in [5.74, 6) is 0.365. The number of rotatable bonds is 7. The summed E-state index contributed by atoms with van der Waals surface area (Å²) in [5, 5.41) is 2.87. The van der Waals surface area contributed by atoms with Crippen molar-refractivity contribution in [2.24, 2.45) is 5.73 Å². The highest BCUT2D eigenvalue weighted by molar-refractivity contribution is 6.05. The van der Waals surface area contributed by atoms with Crippen LogP contribution in [0.1, 0.15) is 28.8 Å². The number of carbonyl (C=O) groups excluding carboxylic acids is 2. The average molecular weight is 395 g/mol. The lowest BCUT2D eigenvalue weighted by Gasteiger charge is -2.21. The molecule has 0 atom stereocenters. The molecule has 0 aliphatic carbocycles. The quantitative estimate of drug-likeness (QED) is 0.703. The van der Waals surface area contributed by atoms with Crippen molar-refractivity contribution >= 4 is 29.3 Å². The van der Waals surface area contributed by atoms with Gasteiger partial charge in [0.05, 0.1) is 25.6 Å². The summed E-state index contributed by atoms with van der Waals surface area (Å²) < 4.78 is 10.5. The maximum atomic E-state index is 12.5. The van der Waals surface area contributed by atoms with Gasteiger partial charge in [-0.05, 0) is 54.8 Å². The van der Waals surface area contributed by atoms with E-state index in [0.29, 0.717) is 22.7 Å². The van der Waals surface area contributed by atoms with Gasteiger partial charge in [0.1, 0.15) is 0 Å². The Hall–Kier alpha value is -3.48. The second-order valence-electron chi connectivity index (χ2n) is 6.73. The summed E-state index contributed by atoms with van der Waals surface area (Å²) in [6, 6.07) is 10.5. The predicted octanol–water partition coefficient (Wildman–Crippen LogP) is 3.05. The summed E-state index contributed by atoms with van der Waals surface area (Å²) >= 11 is 0. The number of primary amides is 1. The van der Waals surface area contributed by atoms with Crippen LogP contribution >= 0.6 is 0 Å². The number of benzene rings is 2. The Bertz CT molecular complexity index is 934. The van der Waals surface area contributed by atoms with Gasteiger partial charge >= 0.3 is 0 Å². The van der Waals surface area contributed by atoms with Crippen molar-refractivity contribution in [1.29, 1.82) is 0 Å². The van der Waals surface area contributed by atoms with Crippen LogP contribution in [0.5, 0.6) is 11.5 Å². The molecule has 0 bridgehead atoms. The van der Waals surface area contributed by atoms with Gasteiger partial charge in [-0.15, -0.1) is 0 Å². The zero-order valence-corrected chi connectivity index (χ0v) is 16.6. The van der Waals surface area contributed by atoms with E-state index in [1.54, 1.807) is 44.6 Å². The molecule has 152 valence electrons. The van der Waals surface area contributed by atoms with Crippen molar-refractivity contribution in [3.63, 3.8) is 0 Å². The largest absolute Gasteiger partial charge is 0.493 e. The first-order valence-corrected chi connectivity index (χ1v) is 9.41. The van der Waals surface area contributed by atoms with Crippen LogP contribution in [0.15, 0.2) is 42.5 Å². The van der Waals surface area contributed by atoms with E-state index in [0.717, 1.165) is 37.2 Å². The molecule has 0 aromatic heterocycles. The van der Waals surface area contributed by atoms with Crippen molar-refractivity contribution < 1.29 is 19.1 Å². The molecule has 29 heavy (non-hydrogen) atoms. The van der Waals surface area contributed by atoms with Crippen molar-refractivity contribution in [3.8, 4) is 11.5 Å². The molecule has 0 radical (unpaired) electrons. The molecule has 0 unspecified atom stereocenters. The number of ether oxygens (including phenoxy) is 2. The molecule has 2 aromatic rings. The van der Waals surface area contributed by atoms with Crippen molar-refractivity contribution in [3.05, 3.63) is 53.6 Å². The van der Waals surface area contributed by atoms with Gasteiger partial charge in [0.15, 0.2) is 11.5 Å². The molecule has 0 spiro atoms. The van der Waals surface area contributed by atoms with Crippen LogP contribution in [0.2, 0.25) is 0 Å². The molecule has 1 heterocycles. The van der Waals surface area contributed by atoms with E-state index in [1.165, 1.54) is 6.08 Å². The van der Waals surface area contributed by atoms with Crippen LogP contribution in [0.3, 0.4) is 0 Å². The third kappa shape index (κ3) is 4.87. The number of anilines is 2. The van der Waals surface area contributed by atoms with E-state index in [4.69, 9.17) is 15.2 Å². The van der Waals surface area contributed by atoms with Crippen LogP contribution < -0.4 is 25.4 Å². The van der Waals surface area contributed by atoms with E-state index in [2.05, 4.69) is 10.2 Å². The molecular weight excluding hydrogens is 370 g/mol. The van der Waals surface area contributed by atoms with Crippen LogP contribution in [-0.4, -0.2) is 39.1 Å². The highest BCUT2D eigenvalue weighted by Gasteiger charge is 2.18. The Morgan fingerprint density at radius 1 is 1.03 bits per heavy atom. The molecular formula is C22H25N3O4. The first-order valence-electron chi connectivity index (χ1n) is 9.41. The molecule has 2 aromatic carbocycles. The number of methoxy groups -OCH3 is 2. The van der Waals surface area contributed by atoms with Crippen LogP contribution in [0.4, 0.5) is 11.4 Å². The van der Waals surface area contributed by atoms with Crippen molar-refractivity contribution in [1.82, 2.24) is 0 Å². The predicted molar refractivity (Wildman–Crippen MR) is 114 cm³/mol. The summed E-state index contributed by atoms with van der Waals surface area (Å²) in [7, 11) is 3.13. The fraction of sp³-hybridized carbons (Fsp3) is 0.273. The molecule has 7 nitrogen and oxygen atoms in total. The molecule has 3 N–H and O–H groups in total. The first kappa shape index (κ1) is 20.3. The summed E-state index contributed by atoms with van der Waals surface area (Å²) in [4.78, 5) is 26.3. The third-order valence-electron chi connectivity index (χ3n) is 4.82. The van der Waals surface area contributed by atoms with Crippen LogP contribution in [0, 0.1) is 0 Å². The average Bonchev–Trinajstić information content (AvgIpc) is 3.26. The Kier molecular flexibility index (Phi) is 6.39. The number of amides is 2. The van der Waals surface area contributed by atoms with Gasteiger partial charge in [0.2, 0.25) is 11.8 Å². The summed E-state index contributed by atoms with van der Waals surface area (Å²) in [6.07, 6.45) is 5.32. The Labute approximate surface area is 170 Å². The van der Waals surface area contributed by atoms with Gasteiger partial charge in [-0.2, -0.15) is 0 Å². The van der Waals surface area contributed by atoms with E-state index < -0.39 is 5.91 Å². The van der Waals surface area contributed by atoms with Gasteiger partial charge in [0.25, 0.3) is 0 Å². The van der Waals surface area contributed by atoms with Crippen LogP contribution in [0.25, 0.3) is 6.08 Å². The number of nitrogens with zero attached hydrogens (tertiary/aromatic N) is 1. The Morgan fingerprint density at radius 3 is 2.41 bits per heavy atom. The molecule has 2 amide bonds. The Morgan fingerprint density at radius 2 is 1.76 bits per heavy atom. The molecule has 1 saturated heterocycles. The molecule has 1 fully saturated rings. The maximum Gasteiger partial charge on any atom is 0.248 e. The minimum atomic E-state index is -0.533. The highest BCUT2D eigenvalue weighted by Crippen LogP contribution is 2.30. The monoisotopic (exact) mass is 395 g/mol. The van der Waals surface area contributed by atoms with E-state index >= 15 is 0 Å². The van der Waals surface area contributed by atoms with Gasteiger partial charge in [0, 0.05) is 24.7 Å². The zero-order chi connectivity index (χ0) is 20.8. The van der Waals surface area contributed by atoms with E-state index in [9.17, 15) is 9.59 Å². The number of nitrogens with one attached hydrogen (secondary N) is 1. The summed E-state index contributed by atoms with van der Waals surface area (Å²) in [6.45, 7) is 1.83. The fourth-order valence-corrected chi connectivity index (χ4v) is 3.33. The number of nitrogens with two attached hydrogens (primary N) is 1.